The molecule has 0 aliphatic carbocycles. The van der Waals surface area contributed by atoms with E-state index in [0.717, 1.165) is 19.3 Å². The molecule has 0 fully saturated rings. The van der Waals surface area contributed by atoms with Crippen LogP contribution in [-0.2, 0) is 4.57 Å². The lowest BCUT2D eigenvalue weighted by Crippen LogP contribution is -2.16. The first-order valence-electron chi connectivity index (χ1n) is 36.8. The van der Waals surface area contributed by atoms with Gasteiger partial charge in [-0.05, 0) is 115 Å². The number of unbranched alkanes of at least 4 members (excludes halogenated alkanes) is 45. The number of hydrogen-bond acceptors (Lipinski definition) is 3. The predicted octanol–water partition coefficient (Wildman–Crippen LogP) is 26.2. The van der Waals surface area contributed by atoms with Crippen molar-refractivity contribution in [2.75, 3.05) is 55.5 Å². The lowest BCUT2D eigenvalue weighted by Gasteiger charge is -2.29. The second-order valence-electron chi connectivity index (χ2n) is 25.7. The average Bonchev–Trinajstić information content (AvgIpc) is 3.43. The van der Waals surface area contributed by atoms with Crippen molar-refractivity contribution in [2.24, 2.45) is 0 Å². The third-order valence-corrected chi connectivity index (χ3v) is 28.7. The van der Waals surface area contributed by atoms with Gasteiger partial charge in [0.2, 0.25) is 0 Å². The Kier molecular flexibility index (Phi) is 73.4. The summed E-state index contributed by atoms with van der Waals surface area (Å²) in [7, 11) is -5.61. The highest BCUT2D eigenvalue weighted by Gasteiger charge is 2.36. The van der Waals surface area contributed by atoms with E-state index in [0.29, 0.717) is 6.42 Å². The van der Waals surface area contributed by atoms with Crippen molar-refractivity contribution in [2.45, 2.75) is 409 Å². The van der Waals surface area contributed by atoms with Gasteiger partial charge in [-0.15, -0.1) is 0 Å². The summed E-state index contributed by atoms with van der Waals surface area (Å²) in [6.07, 6.45) is 90.0. The molecule has 0 atom stereocenters. The van der Waals surface area contributed by atoms with E-state index in [4.69, 9.17) is 0 Å². The summed E-state index contributed by atoms with van der Waals surface area (Å²) in [6, 6.07) is 0. The summed E-state index contributed by atoms with van der Waals surface area (Å²) >= 11 is 0. The molecule has 0 rings (SSSR count). The summed E-state index contributed by atoms with van der Waals surface area (Å²) in [5.74, 6) is 0. The van der Waals surface area contributed by atoms with Crippen molar-refractivity contribution in [1.29, 1.82) is 0 Å². The van der Waals surface area contributed by atoms with Crippen LogP contribution in [0.5, 0.6) is 0 Å². The van der Waals surface area contributed by atoms with Crippen LogP contribution >= 0.6 is 22.1 Å². The fourth-order valence-corrected chi connectivity index (χ4v) is 22.7. The molecule has 0 unspecified atom stereocenters. The molecule has 0 heterocycles. The van der Waals surface area contributed by atoms with Crippen LogP contribution in [0.3, 0.4) is 0 Å². The third-order valence-electron chi connectivity index (χ3n) is 17.7. The largest absolute Gasteiger partial charge is 0.811 e. The lowest BCUT2D eigenvalue weighted by molar-refractivity contribution is -0.313. The zero-order chi connectivity index (χ0) is 58.0. The van der Waals surface area contributed by atoms with E-state index < -0.39 is 22.1 Å². The van der Waals surface area contributed by atoms with Gasteiger partial charge >= 0.3 is 0 Å². The Morgan fingerprint density at radius 2 is 0.308 bits per heavy atom. The van der Waals surface area contributed by atoms with E-state index in [1.165, 1.54) is 270 Å². The molecular formula is C72H153O3P3. The van der Waals surface area contributed by atoms with Crippen LogP contribution < -0.4 is 9.79 Å². The smallest absolute Gasteiger partial charge is 0.0594 e. The summed E-state index contributed by atoms with van der Waals surface area (Å²) in [6.45, 7) is 21.0. The molecule has 0 aromatic rings. The van der Waals surface area contributed by atoms with Gasteiger partial charge in [0, 0.05) is 14.5 Å². The number of rotatable bonds is 63. The van der Waals surface area contributed by atoms with Gasteiger partial charge in [0.05, 0.1) is 49.3 Å². The van der Waals surface area contributed by atoms with Gasteiger partial charge in [0.1, 0.15) is 0 Å². The zero-order valence-electron chi connectivity index (χ0n) is 56.1. The molecule has 0 aromatic heterocycles. The average molecular weight is 1160 g/mol. The normalized spacial score (nSPS) is 12.0. The molecule has 3 nitrogen and oxygen atoms in total. The van der Waals surface area contributed by atoms with Gasteiger partial charge in [-0.2, -0.15) is 0 Å². The van der Waals surface area contributed by atoms with E-state index in [-0.39, 0.29) is 6.16 Å². The van der Waals surface area contributed by atoms with Crippen molar-refractivity contribution >= 4 is 22.1 Å². The maximum atomic E-state index is 10.2. The van der Waals surface area contributed by atoms with Gasteiger partial charge in [-0.3, -0.25) is 0 Å². The van der Waals surface area contributed by atoms with Crippen LogP contribution in [0.2, 0.25) is 0 Å². The zero-order valence-corrected chi connectivity index (χ0v) is 58.8. The highest BCUT2D eigenvalue weighted by atomic mass is 31.2. The van der Waals surface area contributed by atoms with Crippen LogP contribution in [0.4, 0.5) is 0 Å². The maximum absolute atomic E-state index is 10.2. The molecular weight excluding hydrogens is 1010 g/mol. The quantitative estimate of drug-likeness (QED) is 0.0450. The molecule has 0 aliphatic rings. The molecule has 0 radical (unpaired) electrons. The van der Waals surface area contributed by atoms with Crippen molar-refractivity contribution in [3.63, 3.8) is 0 Å². The van der Waals surface area contributed by atoms with Crippen LogP contribution in [0.1, 0.15) is 409 Å². The molecule has 0 aliphatic heterocycles. The minimum Gasteiger partial charge on any atom is -0.811 e. The third kappa shape index (κ3) is 66.2. The van der Waals surface area contributed by atoms with Gasteiger partial charge in [0.15, 0.2) is 0 Å². The van der Waals surface area contributed by atoms with E-state index in [1.54, 1.807) is 101 Å². The van der Waals surface area contributed by atoms with Crippen molar-refractivity contribution in [3.8, 4) is 0 Å². The highest BCUT2D eigenvalue weighted by molar-refractivity contribution is 7.76. The Labute approximate surface area is 498 Å². The van der Waals surface area contributed by atoms with E-state index >= 15 is 0 Å². The first-order chi connectivity index (χ1) is 38.0. The van der Waals surface area contributed by atoms with Crippen LogP contribution in [0.25, 0.3) is 0 Å². The molecule has 0 bridgehead atoms. The van der Waals surface area contributed by atoms with Crippen molar-refractivity contribution in [1.82, 2.24) is 0 Å². The maximum Gasteiger partial charge on any atom is 0.0594 e. The van der Waals surface area contributed by atoms with Crippen LogP contribution in [0.15, 0.2) is 0 Å². The molecule has 474 valence electrons. The summed E-state index contributed by atoms with van der Waals surface area (Å²) in [5.41, 5.74) is 0. The van der Waals surface area contributed by atoms with Crippen molar-refractivity contribution in [3.05, 3.63) is 0 Å². The fraction of sp³-hybridized carbons (Fsp3) is 1.00. The minimum absolute atomic E-state index is 0.168. The first kappa shape index (κ1) is 83.2. The van der Waals surface area contributed by atoms with E-state index in [9.17, 15) is 14.4 Å². The number of hydrogen-bond donors (Lipinski definition) is 0. The Balaban J connectivity index is -0.00000119. The standard InChI is InChI=1S/2C32H68P.C8H19O3P/c2*1-5-9-13-17-18-19-20-21-22-23-24-28-32-33(29-25-14-10-6-2,30-26-15-11-7-3)31-27-16-12-8-4;1-2-3-4-5-6-7-8-12(9,10)11/h2*5-32H2,1-4H3;2-8H2,1H3,(H2,9,10,11)/q2*+1;/p-2. The lowest BCUT2D eigenvalue weighted by atomic mass is 10.1. The molecule has 78 heavy (non-hydrogen) atoms. The molecule has 0 spiro atoms. The summed E-state index contributed by atoms with van der Waals surface area (Å²) in [5, 5.41) is 0. The Bertz CT molecular complexity index is 980. The molecule has 0 aromatic carbocycles. The minimum atomic E-state index is -4.22. The summed E-state index contributed by atoms with van der Waals surface area (Å²) in [4.78, 5) is 20.4. The topological polar surface area (TPSA) is 63.2 Å². The van der Waals surface area contributed by atoms with E-state index in [1.807, 2.05) is 0 Å². The van der Waals surface area contributed by atoms with E-state index in [2.05, 4.69) is 62.3 Å². The first-order valence-corrected chi connectivity index (χ1v) is 43.5. The SMILES string of the molecule is CCCCCCCCCCCCCC[P+](CCCCCC)(CCCCCC)CCCCCC.CCCCCCCCCCCCCC[P+](CCCCCC)(CCCCCC)CCCCCC.CCCCCCCCP(=O)([O-])[O-]. The second kappa shape index (κ2) is 68.8. The second-order valence-corrected chi connectivity index (χ2v) is 36.3. The van der Waals surface area contributed by atoms with Crippen molar-refractivity contribution < 1.29 is 14.4 Å². The Morgan fingerprint density at radius 1 is 0.192 bits per heavy atom. The molecule has 6 heteroatoms. The Morgan fingerprint density at radius 3 is 0.449 bits per heavy atom. The van der Waals surface area contributed by atoms with Gasteiger partial charge in [-0.25, -0.2) is 0 Å². The van der Waals surface area contributed by atoms with Gasteiger partial charge in [-0.1, -0.05) is 307 Å². The molecule has 0 amide bonds. The van der Waals surface area contributed by atoms with Gasteiger partial charge in [0.25, 0.3) is 0 Å². The molecule has 0 saturated carbocycles. The summed E-state index contributed by atoms with van der Waals surface area (Å²) < 4.78 is 10.2. The van der Waals surface area contributed by atoms with Gasteiger partial charge < -0.3 is 14.4 Å². The molecule has 0 saturated heterocycles. The van der Waals surface area contributed by atoms with Crippen LogP contribution in [0, 0.1) is 0 Å². The Hall–Kier alpha value is 1.01. The van der Waals surface area contributed by atoms with Crippen LogP contribution in [-0.4, -0.2) is 55.5 Å². The highest BCUT2D eigenvalue weighted by Crippen LogP contribution is 2.62. The fourth-order valence-electron chi connectivity index (χ4n) is 12.2. The molecule has 0 N–H and O–H groups in total. The monoisotopic (exact) mass is 1160 g/mol. The predicted molar refractivity (Wildman–Crippen MR) is 366 cm³/mol.